The Morgan fingerprint density at radius 3 is 2.89 bits per heavy atom. The van der Waals surface area contributed by atoms with Crippen LogP contribution in [0.3, 0.4) is 0 Å². The van der Waals surface area contributed by atoms with Gasteiger partial charge in [-0.2, -0.15) is 5.26 Å². The Morgan fingerprint density at radius 2 is 2.16 bits per heavy atom. The highest BCUT2D eigenvalue weighted by Gasteiger charge is 2.06. The molecular formula is C15H13N3O. The maximum atomic E-state index is 12.0. The summed E-state index contributed by atoms with van der Waals surface area (Å²) in [5, 5.41) is 11.4. The first-order valence-electron chi connectivity index (χ1n) is 5.93. The maximum Gasteiger partial charge on any atom is 0.251 e. The molecule has 2 aromatic rings. The van der Waals surface area contributed by atoms with Crippen LogP contribution in [0.25, 0.3) is 0 Å². The van der Waals surface area contributed by atoms with Crippen LogP contribution >= 0.6 is 0 Å². The predicted octanol–water partition coefficient (Wildman–Crippen LogP) is 2.08. The Morgan fingerprint density at radius 1 is 1.26 bits per heavy atom. The summed E-state index contributed by atoms with van der Waals surface area (Å²) in [5.74, 6) is -0.162. The molecule has 0 spiro atoms. The molecule has 0 saturated heterocycles. The first-order chi connectivity index (χ1) is 9.29. The standard InChI is InChI=1S/C15H13N3O/c16-8-7-12-4-3-5-13(10-12)15(19)18-11-14-6-1-2-9-17-14/h1-6,9-10H,7,11H2,(H,18,19). The summed E-state index contributed by atoms with van der Waals surface area (Å²) in [7, 11) is 0. The lowest BCUT2D eigenvalue weighted by molar-refractivity contribution is 0.0950. The van der Waals surface area contributed by atoms with Gasteiger partial charge in [0.05, 0.1) is 24.7 Å². The highest BCUT2D eigenvalue weighted by Crippen LogP contribution is 2.06. The van der Waals surface area contributed by atoms with E-state index in [2.05, 4.69) is 16.4 Å². The second-order valence-electron chi connectivity index (χ2n) is 4.04. The van der Waals surface area contributed by atoms with Crippen molar-refractivity contribution >= 4 is 5.91 Å². The summed E-state index contributed by atoms with van der Waals surface area (Å²) < 4.78 is 0. The third kappa shape index (κ3) is 3.65. The highest BCUT2D eigenvalue weighted by atomic mass is 16.1. The normalized spacial score (nSPS) is 9.63. The Bertz CT molecular complexity index is 602. The van der Waals surface area contributed by atoms with Crippen LogP contribution in [-0.4, -0.2) is 10.9 Å². The summed E-state index contributed by atoms with van der Waals surface area (Å²) in [6.07, 6.45) is 2.00. The van der Waals surface area contributed by atoms with E-state index in [0.29, 0.717) is 18.5 Å². The predicted molar refractivity (Wildman–Crippen MR) is 71.2 cm³/mol. The topological polar surface area (TPSA) is 65.8 Å². The number of hydrogen-bond donors (Lipinski definition) is 1. The average molecular weight is 251 g/mol. The molecule has 94 valence electrons. The molecule has 4 nitrogen and oxygen atoms in total. The van der Waals surface area contributed by atoms with Crippen molar-refractivity contribution in [1.82, 2.24) is 10.3 Å². The molecule has 0 aliphatic carbocycles. The van der Waals surface area contributed by atoms with Gasteiger partial charge in [-0.25, -0.2) is 0 Å². The summed E-state index contributed by atoms with van der Waals surface area (Å²) in [5.41, 5.74) is 2.21. The fraction of sp³-hybridized carbons (Fsp3) is 0.133. The van der Waals surface area contributed by atoms with Gasteiger partial charge in [-0.05, 0) is 29.8 Å². The SMILES string of the molecule is N#CCc1cccc(C(=O)NCc2ccccn2)c1. The number of aromatic nitrogens is 1. The van der Waals surface area contributed by atoms with Gasteiger partial charge in [0.15, 0.2) is 0 Å². The van der Waals surface area contributed by atoms with Gasteiger partial charge in [0.1, 0.15) is 0 Å². The molecule has 0 saturated carbocycles. The van der Waals surface area contributed by atoms with E-state index in [1.54, 1.807) is 24.4 Å². The molecule has 1 heterocycles. The molecule has 1 amide bonds. The van der Waals surface area contributed by atoms with Crippen LogP contribution in [0.15, 0.2) is 48.7 Å². The first kappa shape index (κ1) is 12.8. The smallest absolute Gasteiger partial charge is 0.251 e. The number of carbonyl (C=O) groups is 1. The van der Waals surface area contributed by atoms with E-state index in [9.17, 15) is 4.79 Å². The second-order valence-corrected chi connectivity index (χ2v) is 4.04. The molecular weight excluding hydrogens is 238 g/mol. The molecule has 0 fully saturated rings. The summed E-state index contributed by atoms with van der Waals surface area (Å²) in [6.45, 7) is 0.391. The van der Waals surface area contributed by atoms with Crippen molar-refractivity contribution in [2.24, 2.45) is 0 Å². The number of rotatable bonds is 4. The van der Waals surface area contributed by atoms with E-state index in [1.165, 1.54) is 0 Å². The molecule has 0 aliphatic rings. The monoisotopic (exact) mass is 251 g/mol. The molecule has 19 heavy (non-hydrogen) atoms. The van der Waals surface area contributed by atoms with Crippen LogP contribution < -0.4 is 5.32 Å². The van der Waals surface area contributed by atoms with E-state index >= 15 is 0 Å². The van der Waals surface area contributed by atoms with Gasteiger partial charge in [-0.15, -0.1) is 0 Å². The number of nitrogens with zero attached hydrogens (tertiary/aromatic N) is 2. The zero-order chi connectivity index (χ0) is 13.5. The lowest BCUT2D eigenvalue weighted by Gasteiger charge is -2.05. The van der Waals surface area contributed by atoms with Crippen molar-refractivity contribution in [3.8, 4) is 6.07 Å². The van der Waals surface area contributed by atoms with Gasteiger partial charge < -0.3 is 5.32 Å². The maximum absolute atomic E-state index is 12.0. The lowest BCUT2D eigenvalue weighted by atomic mass is 10.1. The lowest BCUT2D eigenvalue weighted by Crippen LogP contribution is -2.23. The number of nitrogens with one attached hydrogen (secondary N) is 1. The fourth-order valence-electron chi connectivity index (χ4n) is 1.69. The number of hydrogen-bond acceptors (Lipinski definition) is 3. The molecule has 1 aromatic heterocycles. The van der Waals surface area contributed by atoms with Crippen LogP contribution in [0, 0.1) is 11.3 Å². The van der Waals surface area contributed by atoms with E-state index in [0.717, 1.165) is 11.3 Å². The Balaban J connectivity index is 2.00. The summed E-state index contributed by atoms with van der Waals surface area (Å²) in [4.78, 5) is 16.1. The second kappa shape index (κ2) is 6.31. The average Bonchev–Trinajstić information content (AvgIpc) is 2.46. The number of pyridine rings is 1. The van der Waals surface area contributed by atoms with Crippen LogP contribution in [-0.2, 0) is 13.0 Å². The van der Waals surface area contributed by atoms with Crippen molar-refractivity contribution < 1.29 is 4.79 Å². The number of amides is 1. The number of benzene rings is 1. The number of nitriles is 1. The zero-order valence-electron chi connectivity index (χ0n) is 10.3. The summed E-state index contributed by atoms with van der Waals surface area (Å²) in [6, 6.07) is 14.7. The van der Waals surface area contributed by atoms with Crippen molar-refractivity contribution in [2.75, 3.05) is 0 Å². The van der Waals surface area contributed by atoms with Crippen LogP contribution in [0.2, 0.25) is 0 Å². The molecule has 0 atom stereocenters. The minimum absolute atomic E-state index is 0.162. The molecule has 1 aromatic carbocycles. The Hall–Kier alpha value is -2.67. The van der Waals surface area contributed by atoms with Gasteiger partial charge in [-0.1, -0.05) is 18.2 Å². The Kier molecular flexibility index (Phi) is 4.25. The fourth-order valence-corrected chi connectivity index (χ4v) is 1.69. The van der Waals surface area contributed by atoms with E-state index in [4.69, 9.17) is 5.26 Å². The third-order valence-electron chi connectivity index (χ3n) is 2.63. The minimum Gasteiger partial charge on any atom is -0.346 e. The van der Waals surface area contributed by atoms with Crippen LogP contribution in [0.4, 0.5) is 0 Å². The molecule has 1 N–H and O–H groups in total. The third-order valence-corrected chi connectivity index (χ3v) is 2.63. The quantitative estimate of drug-likeness (QED) is 0.904. The molecule has 0 radical (unpaired) electrons. The minimum atomic E-state index is -0.162. The van der Waals surface area contributed by atoms with Crippen molar-refractivity contribution in [1.29, 1.82) is 5.26 Å². The van der Waals surface area contributed by atoms with Gasteiger partial charge in [0.25, 0.3) is 5.91 Å². The molecule has 0 unspecified atom stereocenters. The van der Waals surface area contributed by atoms with Crippen molar-refractivity contribution in [3.05, 3.63) is 65.5 Å². The molecule has 0 aliphatic heterocycles. The van der Waals surface area contributed by atoms with E-state index in [1.807, 2.05) is 24.3 Å². The van der Waals surface area contributed by atoms with Crippen LogP contribution in [0.1, 0.15) is 21.6 Å². The van der Waals surface area contributed by atoms with Gasteiger partial charge >= 0.3 is 0 Å². The highest BCUT2D eigenvalue weighted by molar-refractivity contribution is 5.94. The van der Waals surface area contributed by atoms with E-state index < -0.39 is 0 Å². The van der Waals surface area contributed by atoms with Gasteiger partial charge in [-0.3, -0.25) is 9.78 Å². The Labute approximate surface area is 111 Å². The summed E-state index contributed by atoms with van der Waals surface area (Å²) >= 11 is 0. The number of carbonyl (C=O) groups excluding carboxylic acids is 1. The first-order valence-corrected chi connectivity index (χ1v) is 5.93. The molecule has 0 bridgehead atoms. The van der Waals surface area contributed by atoms with Gasteiger partial charge in [0, 0.05) is 11.8 Å². The van der Waals surface area contributed by atoms with Gasteiger partial charge in [0.2, 0.25) is 0 Å². The van der Waals surface area contributed by atoms with Crippen LogP contribution in [0.5, 0.6) is 0 Å². The zero-order valence-corrected chi connectivity index (χ0v) is 10.3. The van der Waals surface area contributed by atoms with E-state index in [-0.39, 0.29) is 5.91 Å². The largest absolute Gasteiger partial charge is 0.346 e. The molecule has 4 heteroatoms. The van der Waals surface area contributed by atoms with Crippen molar-refractivity contribution in [3.63, 3.8) is 0 Å². The molecule has 2 rings (SSSR count). The van der Waals surface area contributed by atoms with Crippen molar-refractivity contribution in [2.45, 2.75) is 13.0 Å².